The first-order chi connectivity index (χ1) is 10.6. The molecule has 1 aromatic rings. The molecular formula is C15H20N2O5. The van der Waals surface area contributed by atoms with Crippen molar-refractivity contribution in [3.63, 3.8) is 0 Å². The first kappa shape index (κ1) is 17.6. The Labute approximate surface area is 128 Å². The van der Waals surface area contributed by atoms with Crippen LogP contribution in [0.5, 0.6) is 0 Å². The third-order valence-electron chi connectivity index (χ3n) is 2.70. The highest BCUT2D eigenvalue weighted by Gasteiger charge is 2.05. The van der Waals surface area contributed by atoms with Crippen LogP contribution in [0.4, 0.5) is 0 Å². The van der Waals surface area contributed by atoms with Gasteiger partial charge in [-0.3, -0.25) is 9.59 Å². The number of ether oxygens (including phenoxy) is 1. The number of carboxylic acid groups (broad SMARTS) is 1. The summed E-state index contributed by atoms with van der Waals surface area (Å²) in [6.45, 7) is 0.462. The predicted molar refractivity (Wildman–Crippen MR) is 79.5 cm³/mol. The molecule has 0 spiro atoms. The number of carbonyl (C=O) groups excluding carboxylic acids is 2. The van der Waals surface area contributed by atoms with Crippen molar-refractivity contribution < 1.29 is 24.2 Å². The second kappa shape index (κ2) is 10.3. The minimum Gasteiger partial charge on any atom is -0.480 e. The summed E-state index contributed by atoms with van der Waals surface area (Å²) in [5.41, 5.74) is 0.586. The van der Waals surface area contributed by atoms with Gasteiger partial charge in [-0.25, -0.2) is 4.79 Å². The summed E-state index contributed by atoms with van der Waals surface area (Å²) in [5.74, 6) is -1.36. The van der Waals surface area contributed by atoms with Gasteiger partial charge >= 0.3 is 5.97 Å². The van der Waals surface area contributed by atoms with E-state index in [4.69, 9.17) is 9.84 Å². The second-order valence-electron chi connectivity index (χ2n) is 4.52. The average molecular weight is 308 g/mol. The highest BCUT2D eigenvalue weighted by Crippen LogP contribution is 1.98. The van der Waals surface area contributed by atoms with E-state index in [1.54, 1.807) is 24.3 Å². The number of nitrogens with one attached hydrogen (secondary N) is 2. The van der Waals surface area contributed by atoms with E-state index in [2.05, 4.69) is 10.6 Å². The SMILES string of the molecule is O=C(O)COCCNC(=O)CCCNC(=O)c1ccccc1. The number of aliphatic carboxylic acids is 1. The summed E-state index contributed by atoms with van der Waals surface area (Å²) in [6, 6.07) is 8.85. The van der Waals surface area contributed by atoms with Crippen molar-refractivity contribution in [2.24, 2.45) is 0 Å². The highest BCUT2D eigenvalue weighted by atomic mass is 16.5. The largest absolute Gasteiger partial charge is 0.480 e. The molecule has 2 amide bonds. The van der Waals surface area contributed by atoms with Crippen LogP contribution in [0.1, 0.15) is 23.2 Å². The molecule has 0 radical (unpaired) electrons. The molecule has 7 heteroatoms. The topological polar surface area (TPSA) is 105 Å². The van der Waals surface area contributed by atoms with Gasteiger partial charge in [0, 0.05) is 25.1 Å². The third kappa shape index (κ3) is 8.01. The van der Waals surface area contributed by atoms with Crippen LogP contribution >= 0.6 is 0 Å². The van der Waals surface area contributed by atoms with Crippen LogP contribution in [-0.2, 0) is 14.3 Å². The molecule has 1 rings (SSSR count). The van der Waals surface area contributed by atoms with E-state index >= 15 is 0 Å². The Balaban J connectivity index is 2.03. The lowest BCUT2D eigenvalue weighted by atomic mass is 10.2. The van der Waals surface area contributed by atoms with Crippen molar-refractivity contribution in [1.82, 2.24) is 10.6 Å². The molecule has 0 saturated heterocycles. The average Bonchev–Trinajstić information content (AvgIpc) is 2.51. The third-order valence-corrected chi connectivity index (χ3v) is 2.70. The minimum atomic E-state index is -1.04. The van der Waals surface area contributed by atoms with E-state index in [0.29, 0.717) is 18.5 Å². The smallest absolute Gasteiger partial charge is 0.329 e. The van der Waals surface area contributed by atoms with E-state index in [-0.39, 0.29) is 38.0 Å². The maximum Gasteiger partial charge on any atom is 0.329 e. The Bertz CT molecular complexity index is 490. The molecule has 0 atom stereocenters. The summed E-state index contributed by atoms with van der Waals surface area (Å²) in [4.78, 5) is 33.4. The molecule has 0 saturated carbocycles. The zero-order valence-electron chi connectivity index (χ0n) is 12.2. The molecule has 0 aliphatic heterocycles. The highest BCUT2D eigenvalue weighted by molar-refractivity contribution is 5.94. The Kier molecular flexibility index (Phi) is 8.29. The molecule has 0 heterocycles. The van der Waals surface area contributed by atoms with Gasteiger partial charge in [-0.15, -0.1) is 0 Å². The van der Waals surface area contributed by atoms with E-state index in [1.165, 1.54) is 0 Å². The fraction of sp³-hybridized carbons (Fsp3) is 0.400. The maximum absolute atomic E-state index is 11.7. The lowest BCUT2D eigenvalue weighted by Gasteiger charge is -2.06. The fourth-order valence-electron chi connectivity index (χ4n) is 1.65. The first-order valence-electron chi connectivity index (χ1n) is 6.99. The quantitative estimate of drug-likeness (QED) is 0.543. The maximum atomic E-state index is 11.7. The summed E-state index contributed by atoms with van der Waals surface area (Å²) in [6.07, 6.45) is 0.814. The Morgan fingerprint density at radius 1 is 1.05 bits per heavy atom. The van der Waals surface area contributed by atoms with Crippen molar-refractivity contribution in [2.45, 2.75) is 12.8 Å². The van der Waals surface area contributed by atoms with Crippen molar-refractivity contribution in [1.29, 1.82) is 0 Å². The molecule has 0 aliphatic rings. The van der Waals surface area contributed by atoms with Gasteiger partial charge in [0.25, 0.3) is 5.91 Å². The molecule has 1 aromatic carbocycles. The van der Waals surface area contributed by atoms with Crippen molar-refractivity contribution in [2.75, 3.05) is 26.3 Å². The molecular weight excluding hydrogens is 288 g/mol. The van der Waals surface area contributed by atoms with Crippen molar-refractivity contribution in [3.8, 4) is 0 Å². The molecule has 0 unspecified atom stereocenters. The summed E-state index contributed by atoms with van der Waals surface area (Å²) >= 11 is 0. The molecule has 7 nitrogen and oxygen atoms in total. The number of carbonyl (C=O) groups is 3. The molecule has 22 heavy (non-hydrogen) atoms. The van der Waals surface area contributed by atoms with Gasteiger partial charge in [0.2, 0.25) is 5.91 Å². The fourth-order valence-corrected chi connectivity index (χ4v) is 1.65. The zero-order chi connectivity index (χ0) is 16.2. The van der Waals surface area contributed by atoms with Gasteiger partial charge in [-0.2, -0.15) is 0 Å². The van der Waals surface area contributed by atoms with E-state index in [9.17, 15) is 14.4 Å². The molecule has 0 aromatic heterocycles. The van der Waals surface area contributed by atoms with Gasteiger partial charge in [0.1, 0.15) is 6.61 Å². The summed E-state index contributed by atoms with van der Waals surface area (Å²) in [5, 5.41) is 13.7. The van der Waals surface area contributed by atoms with Gasteiger partial charge in [-0.05, 0) is 18.6 Å². The lowest BCUT2D eigenvalue weighted by molar-refractivity contribution is -0.142. The summed E-state index contributed by atoms with van der Waals surface area (Å²) in [7, 11) is 0. The Morgan fingerprint density at radius 3 is 2.45 bits per heavy atom. The normalized spacial score (nSPS) is 10.0. The lowest BCUT2D eigenvalue weighted by Crippen LogP contribution is -2.29. The number of carboxylic acids is 1. The number of rotatable bonds is 10. The van der Waals surface area contributed by atoms with E-state index in [1.807, 2.05) is 6.07 Å². The van der Waals surface area contributed by atoms with Gasteiger partial charge in [0.05, 0.1) is 6.61 Å². The van der Waals surface area contributed by atoms with Crippen LogP contribution < -0.4 is 10.6 Å². The minimum absolute atomic E-state index is 0.156. The monoisotopic (exact) mass is 308 g/mol. The standard InChI is InChI=1S/C15H20N2O5/c18-13(16-9-10-22-11-14(19)20)7-4-8-17-15(21)12-5-2-1-3-6-12/h1-3,5-6H,4,7-11H2,(H,16,18)(H,17,21)(H,19,20). The Morgan fingerprint density at radius 2 is 1.77 bits per heavy atom. The first-order valence-corrected chi connectivity index (χ1v) is 6.99. The zero-order valence-corrected chi connectivity index (χ0v) is 12.2. The number of amides is 2. The van der Waals surface area contributed by atoms with Crippen LogP contribution in [0, 0.1) is 0 Å². The summed E-state index contributed by atoms with van der Waals surface area (Å²) < 4.78 is 4.78. The van der Waals surface area contributed by atoms with Crippen molar-refractivity contribution in [3.05, 3.63) is 35.9 Å². The number of benzene rings is 1. The van der Waals surface area contributed by atoms with Crippen LogP contribution in [0.25, 0.3) is 0 Å². The van der Waals surface area contributed by atoms with Crippen LogP contribution in [-0.4, -0.2) is 49.2 Å². The van der Waals surface area contributed by atoms with E-state index < -0.39 is 5.97 Å². The second-order valence-corrected chi connectivity index (χ2v) is 4.52. The van der Waals surface area contributed by atoms with Crippen molar-refractivity contribution >= 4 is 17.8 Å². The molecule has 120 valence electrons. The molecule has 3 N–H and O–H groups in total. The Hall–Kier alpha value is -2.41. The molecule has 0 aliphatic carbocycles. The van der Waals surface area contributed by atoms with Gasteiger partial charge < -0.3 is 20.5 Å². The van der Waals surface area contributed by atoms with Crippen LogP contribution in [0.3, 0.4) is 0 Å². The molecule has 0 fully saturated rings. The number of hydrogen-bond donors (Lipinski definition) is 3. The van der Waals surface area contributed by atoms with Crippen LogP contribution in [0.15, 0.2) is 30.3 Å². The van der Waals surface area contributed by atoms with Gasteiger partial charge in [0.15, 0.2) is 0 Å². The van der Waals surface area contributed by atoms with Crippen LogP contribution in [0.2, 0.25) is 0 Å². The van der Waals surface area contributed by atoms with E-state index in [0.717, 1.165) is 0 Å². The number of hydrogen-bond acceptors (Lipinski definition) is 4. The predicted octanol–water partition coefficient (Wildman–Crippen LogP) is 0.414. The molecule has 0 bridgehead atoms. The van der Waals surface area contributed by atoms with Gasteiger partial charge in [-0.1, -0.05) is 18.2 Å².